The van der Waals surface area contributed by atoms with Crippen LogP contribution in [0.25, 0.3) is 17.0 Å². The van der Waals surface area contributed by atoms with Gasteiger partial charge in [-0.1, -0.05) is 12.1 Å². The van der Waals surface area contributed by atoms with Crippen LogP contribution in [0, 0.1) is 5.82 Å². The number of carboxylic acids is 1. The van der Waals surface area contributed by atoms with Gasteiger partial charge < -0.3 is 10.4 Å². The summed E-state index contributed by atoms with van der Waals surface area (Å²) in [5.74, 6) is -0.511. The average molecular weight is 349 g/mol. The third-order valence-corrected chi connectivity index (χ3v) is 3.78. The Balaban J connectivity index is 1.75. The van der Waals surface area contributed by atoms with E-state index in [0.717, 1.165) is 0 Å². The molecule has 0 aliphatic carbocycles. The van der Waals surface area contributed by atoms with E-state index < -0.39 is 5.97 Å². The minimum absolute atomic E-state index is 0.192. The highest BCUT2D eigenvalue weighted by Gasteiger charge is 2.11. The van der Waals surface area contributed by atoms with Gasteiger partial charge >= 0.3 is 5.97 Å². The molecular weight excluding hydrogens is 337 g/mol. The van der Waals surface area contributed by atoms with Gasteiger partial charge in [-0.15, -0.1) is 0 Å². The van der Waals surface area contributed by atoms with Crippen LogP contribution in [-0.4, -0.2) is 30.7 Å². The highest BCUT2D eigenvalue weighted by molar-refractivity contribution is 5.88. The molecule has 2 aromatic carbocycles. The number of carboxylic acid groups (broad SMARTS) is 1. The smallest absolute Gasteiger partial charge is 0.335 e. The Morgan fingerprint density at radius 3 is 2.65 bits per heavy atom. The topological polar surface area (TPSA) is 92.4 Å². The molecular formula is C18H12FN5O2. The lowest BCUT2D eigenvalue weighted by atomic mass is 10.1. The predicted octanol–water partition coefficient (Wildman–Crippen LogP) is 3.37. The summed E-state index contributed by atoms with van der Waals surface area (Å²) in [5, 5.41) is 16.2. The zero-order chi connectivity index (χ0) is 18.1. The Hall–Kier alpha value is -3.81. The summed E-state index contributed by atoms with van der Waals surface area (Å²) in [4.78, 5) is 19.4. The van der Waals surface area contributed by atoms with Crippen LogP contribution in [0.5, 0.6) is 0 Å². The van der Waals surface area contributed by atoms with Gasteiger partial charge in [0.1, 0.15) is 18.0 Å². The fourth-order valence-electron chi connectivity index (χ4n) is 2.57. The van der Waals surface area contributed by atoms with E-state index >= 15 is 0 Å². The molecule has 0 bridgehead atoms. The highest BCUT2D eigenvalue weighted by Crippen LogP contribution is 2.24. The summed E-state index contributed by atoms with van der Waals surface area (Å²) in [7, 11) is 0. The molecule has 0 aliphatic heterocycles. The van der Waals surface area contributed by atoms with Crippen molar-refractivity contribution >= 4 is 23.3 Å². The molecule has 4 rings (SSSR count). The van der Waals surface area contributed by atoms with Gasteiger partial charge in [0.2, 0.25) is 0 Å². The number of aromatic nitrogens is 4. The Labute approximate surface area is 146 Å². The molecule has 2 aromatic heterocycles. The summed E-state index contributed by atoms with van der Waals surface area (Å²) < 4.78 is 15.1. The van der Waals surface area contributed by atoms with Crippen LogP contribution < -0.4 is 5.32 Å². The number of hydrogen-bond acceptors (Lipinski definition) is 5. The SMILES string of the molecule is O=C(O)c1ccc(Nc2cc(-c3cccc(F)c3)n3ncnc3n2)cc1. The van der Waals surface area contributed by atoms with Gasteiger partial charge in [-0.2, -0.15) is 19.6 Å². The lowest BCUT2D eigenvalue weighted by Crippen LogP contribution is -2.02. The zero-order valence-corrected chi connectivity index (χ0v) is 13.3. The van der Waals surface area contributed by atoms with Crippen molar-refractivity contribution in [2.45, 2.75) is 0 Å². The van der Waals surface area contributed by atoms with Crippen molar-refractivity contribution in [1.29, 1.82) is 0 Å². The van der Waals surface area contributed by atoms with Crippen molar-refractivity contribution in [2.24, 2.45) is 0 Å². The first-order valence-electron chi connectivity index (χ1n) is 7.67. The number of aromatic carboxylic acids is 1. The normalized spacial score (nSPS) is 10.8. The molecule has 0 saturated heterocycles. The van der Waals surface area contributed by atoms with Crippen molar-refractivity contribution < 1.29 is 14.3 Å². The van der Waals surface area contributed by atoms with Crippen molar-refractivity contribution in [1.82, 2.24) is 19.6 Å². The second-order valence-corrected chi connectivity index (χ2v) is 5.52. The van der Waals surface area contributed by atoms with Gasteiger partial charge in [0.25, 0.3) is 5.78 Å². The van der Waals surface area contributed by atoms with Crippen LogP contribution in [0.15, 0.2) is 60.9 Å². The first-order valence-corrected chi connectivity index (χ1v) is 7.67. The lowest BCUT2D eigenvalue weighted by Gasteiger charge is -2.10. The van der Waals surface area contributed by atoms with Gasteiger partial charge in [0.15, 0.2) is 0 Å². The maximum absolute atomic E-state index is 13.6. The number of carbonyl (C=O) groups is 1. The van der Waals surface area contributed by atoms with E-state index in [0.29, 0.717) is 28.5 Å². The Morgan fingerprint density at radius 1 is 1.12 bits per heavy atom. The molecule has 128 valence electrons. The number of benzene rings is 2. The minimum atomic E-state index is -0.993. The molecule has 0 spiro atoms. The van der Waals surface area contributed by atoms with Crippen molar-refractivity contribution in [2.75, 3.05) is 5.32 Å². The van der Waals surface area contributed by atoms with Crippen LogP contribution in [0.2, 0.25) is 0 Å². The summed E-state index contributed by atoms with van der Waals surface area (Å²) in [5.41, 5.74) is 2.11. The largest absolute Gasteiger partial charge is 0.478 e. The maximum atomic E-state index is 13.6. The van der Waals surface area contributed by atoms with E-state index in [4.69, 9.17) is 5.11 Å². The van der Waals surface area contributed by atoms with Crippen LogP contribution in [0.3, 0.4) is 0 Å². The maximum Gasteiger partial charge on any atom is 0.335 e. The van der Waals surface area contributed by atoms with Gasteiger partial charge in [0, 0.05) is 17.3 Å². The molecule has 2 N–H and O–H groups in total. The predicted molar refractivity (Wildman–Crippen MR) is 92.9 cm³/mol. The number of fused-ring (bicyclic) bond motifs is 1. The summed E-state index contributed by atoms with van der Waals surface area (Å²) in [6.45, 7) is 0. The van der Waals surface area contributed by atoms with Gasteiger partial charge in [0.05, 0.1) is 11.3 Å². The summed E-state index contributed by atoms with van der Waals surface area (Å²) in [6, 6.07) is 14.1. The number of hydrogen-bond donors (Lipinski definition) is 2. The summed E-state index contributed by atoms with van der Waals surface area (Å²) in [6.07, 6.45) is 1.37. The van der Waals surface area contributed by atoms with Crippen LogP contribution in [-0.2, 0) is 0 Å². The monoisotopic (exact) mass is 349 g/mol. The highest BCUT2D eigenvalue weighted by atomic mass is 19.1. The van der Waals surface area contributed by atoms with Crippen LogP contribution in [0.1, 0.15) is 10.4 Å². The number of nitrogens with zero attached hydrogens (tertiary/aromatic N) is 4. The molecule has 0 fully saturated rings. The summed E-state index contributed by atoms with van der Waals surface area (Å²) >= 11 is 0. The van der Waals surface area contributed by atoms with Gasteiger partial charge in [-0.25, -0.2) is 9.18 Å². The Bertz CT molecular complexity index is 1110. The number of rotatable bonds is 4. The van der Waals surface area contributed by atoms with Crippen molar-refractivity contribution in [3.63, 3.8) is 0 Å². The fraction of sp³-hybridized carbons (Fsp3) is 0. The number of nitrogens with one attached hydrogen (secondary N) is 1. The first-order chi connectivity index (χ1) is 12.6. The molecule has 4 aromatic rings. The zero-order valence-electron chi connectivity index (χ0n) is 13.3. The fourth-order valence-corrected chi connectivity index (χ4v) is 2.57. The first kappa shape index (κ1) is 15.7. The minimum Gasteiger partial charge on any atom is -0.478 e. The Kier molecular flexibility index (Phi) is 3.77. The second kappa shape index (κ2) is 6.25. The molecule has 0 aliphatic rings. The van der Waals surface area contributed by atoms with Crippen molar-refractivity contribution in [3.8, 4) is 11.3 Å². The lowest BCUT2D eigenvalue weighted by molar-refractivity contribution is 0.0697. The molecule has 0 atom stereocenters. The van der Waals surface area contributed by atoms with Crippen LogP contribution in [0.4, 0.5) is 15.9 Å². The van der Waals surface area contributed by atoms with E-state index in [-0.39, 0.29) is 11.4 Å². The average Bonchev–Trinajstić information content (AvgIpc) is 3.10. The van der Waals surface area contributed by atoms with E-state index in [1.165, 1.54) is 35.1 Å². The van der Waals surface area contributed by atoms with Gasteiger partial charge in [-0.05, 0) is 36.4 Å². The van der Waals surface area contributed by atoms with E-state index in [2.05, 4.69) is 20.4 Å². The van der Waals surface area contributed by atoms with E-state index in [1.54, 1.807) is 30.3 Å². The number of halogens is 1. The molecule has 0 amide bonds. The number of anilines is 2. The Morgan fingerprint density at radius 2 is 1.92 bits per heavy atom. The quantitative estimate of drug-likeness (QED) is 0.587. The molecule has 0 radical (unpaired) electrons. The third-order valence-electron chi connectivity index (χ3n) is 3.78. The third kappa shape index (κ3) is 2.95. The molecule has 0 saturated carbocycles. The molecule has 8 heteroatoms. The molecule has 7 nitrogen and oxygen atoms in total. The molecule has 2 heterocycles. The van der Waals surface area contributed by atoms with E-state index in [9.17, 15) is 9.18 Å². The van der Waals surface area contributed by atoms with Crippen molar-refractivity contribution in [3.05, 3.63) is 72.3 Å². The molecule has 26 heavy (non-hydrogen) atoms. The standard InChI is InChI=1S/C18H12FN5O2/c19-13-3-1-2-12(8-13)15-9-16(23-18-20-10-21-24(15)18)22-14-6-4-11(5-7-14)17(25)26/h1-10H,(H,25,26)(H,20,21,22,23). The second-order valence-electron chi connectivity index (χ2n) is 5.52. The molecule has 0 unspecified atom stereocenters. The van der Waals surface area contributed by atoms with Crippen LogP contribution >= 0.6 is 0 Å². The van der Waals surface area contributed by atoms with Gasteiger partial charge in [-0.3, -0.25) is 0 Å². The van der Waals surface area contributed by atoms with E-state index in [1.807, 2.05) is 0 Å².